The third-order valence-corrected chi connectivity index (χ3v) is 7.93. The van der Waals surface area contributed by atoms with Crippen molar-refractivity contribution in [1.29, 1.82) is 0 Å². The van der Waals surface area contributed by atoms with Gasteiger partial charge in [0, 0.05) is 20.1 Å². The van der Waals surface area contributed by atoms with E-state index in [1.54, 1.807) is 31.3 Å². The van der Waals surface area contributed by atoms with Gasteiger partial charge in [-0.15, -0.1) is 0 Å². The summed E-state index contributed by atoms with van der Waals surface area (Å²) in [5.74, 6) is 1.28. The van der Waals surface area contributed by atoms with Crippen LogP contribution in [-0.4, -0.2) is 65.6 Å². The summed E-state index contributed by atoms with van der Waals surface area (Å²) in [7, 11) is 3.48. The van der Waals surface area contributed by atoms with Gasteiger partial charge >= 0.3 is 0 Å². The molecule has 11 heteroatoms. The Morgan fingerprint density at radius 3 is 1.92 bits per heavy atom. The molecule has 0 heterocycles. The van der Waals surface area contributed by atoms with Crippen LogP contribution < -0.4 is 18.9 Å². The number of amides is 1. The first-order chi connectivity index (χ1) is 18.1. The van der Waals surface area contributed by atoms with Gasteiger partial charge in [-0.2, -0.15) is 4.31 Å². The van der Waals surface area contributed by atoms with E-state index in [2.05, 4.69) is 0 Å². The zero-order chi connectivity index (χ0) is 27.9. The molecule has 1 amide bonds. The number of benzene rings is 3. The number of halogens is 1. The molecule has 0 saturated heterocycles. The fourth-order valence-electron chi connectivity index (χ4n) is 3.83. The number of nitrogens with zero attached hydrogens (tertiary/aromatic N) is 2. The van der Waals surface area contributed by atoms with Crippen LogP contribution in [0.1, 0.15) is 11.1 Å². The number of ether oxygens (including phenoxy) is 4. The van der Waals surface area contributed by atoms with E-state index in [9.17, 15) is 13.2 Å². The third-order valence-electron chi connectivity index (χ3n) is 5.84. The molecular formula is C27H31ClN2O7S. The maximum atomic E-state index is 13.7. The van der Waals surface area contributed by atoms with E-state index in [0.717, 1.165) is 15.4 Å². The molecule has 0 aromatic heterocycles. The Kier molecular flexibility index (Phi) is 9.84. The van der Waals surface area contributed by atoms with Crippen molar-refractivity contribution in [2.75, 3.05) is 42.0 Å². The lowest BCUT2D eigenvalue weighted by Gasteiger charge is -2.25. The van der Waals surface area contributed by atoms with Crippen LogP contribution in [0.15, 0.2) is 65.6 Å². The summed E-state index contributed by atoms with van der Waals surface area (Å²) in [6, 6.07) is 16.7. The van der Waals surface area contributed by atoms with Crippen LogP contribution in [-0.2, 0) is 27.9 Å². The normalized spacial score (nSPS) is 11.2. The van der Waals surface area contributed by atoms with Crippen molar-refractivity contribution in [1.82, 2.24) is 9.21 Å². The van der Waals surface area contributed by atoms with E-state index < -0.39 is 15.9 Å². The second-order valence-corrected chi connectivity index (χ2v) is 10.7. The summed E-state index contributed by atoms with van der Waals surface area (Å²) in [6.07, 6.45) is 0. The number of carbonyl (C=O) groups excluding carboxylic acids is 1. The van der Waals surface area contributed by atoms with Gasteiger partial charge in [-0.3, -0.25) is 4.79 Å². The maximum Gasteiger partial charge on any atom is 0.243 e. The van der Waals surface area contributed by atoms with Crippen LogP contribution in [0.4, 0.5) is 0 Å². The van der Waals surface area contributed by atoms with Crippen molar-refractivity contribution in [2.45, 2.75) is 18.0 Å². The quantitative estimate of drug-likeness (QED) is 0.326. The van der Waals surface area contributed by atoms with Crippen LogP contribution in [0.5, 0.6) is 23.0 Å². The van der Waals surface area contributed by atoms with Crippen LogP contribution in [0.3, 0.4) is 0 Å². The monoisotopic (exact) mass is 562 g/mol. The molecule has 0 spiro atoms. The fourth-order valence-corrected chi connectivity index (χ4v) is 5.56. The minimum atomic E-state index is -4.09. The predicted octanol–water partition coefficient (Wildman–Crippen LogP) is 4.22. The fraction of sp³-hybridized carbons (Fsp3) is 0.296. The lowest BCUT2D eigenvalue weighted by Crippen LogP contribution is -2.41. The first-order valence-electron chi connectivity index (χ1n) is 11.5. The predicted molar refractivity (Wildman–Crippen MR) is 145 cm³/mol. The molecule has 0 radical (unpaired) electrons. The van der Waals surface area contributed by atoms with Crippen molar-refractivity contribution in [3.05, 3.63) is 76.8 Å². The SMILES string of the molecule is COc1ccc(S(=O)(=O)N(CC(=O)N(C)Cc2cc(OC)c(OC)c(OC)c2)Cc2ccccc2)cc1Cl. The van der Waals surface area contributed by atoms with Gasteiger partial charge in [-0.05, 0) is 41.5 Å². The largest absolute Gasteiger partial charge is 0.495 e. The molecule has 204 valence electrons. The highest BCUT2D eigenvalue weighted by atomic mass is 35.5. The van der Waals surface area contributed by atoms with Crippen LogP contribution in [0.25, 0.3) is 0 Å². The first kappa shape index (κ1) is 29.1. The third kappa shape index (κ3) is 6.69. The molecular weight excluding hydrogens is 532 g/mol. The average Bonchev–Trinajstić information content (AvgIpc) is 2.92. The highest BCUT2D eigenvalue weighted by molar-refractivity contribution is 7.89. The molecule has 3 rings (SSSR count). The zero-order valence-corrected chi connectivity index (χ0v) is 23.5. The summed E-state index contributed by atoms with van der Waals surface area (Å²) in [6.45, 7) is -0.207. The molecule has 0 bridgehead atoms. The van der Waals surface area contributed by atoms with Crippen LogP contribution in [0, 0.1) is 0 Å². The minimum Gasteiger partial charge on any atom is -0.495 e. The van der Waals surface area contributed by atoms with E-state index in [-0.39, 0.29) is 29.6 Å². The highest BCUT2D eigenvalue weighted by Crippen LogP contribution is 2.38. The molecule has 0 saturated carbocycles. The highest BCUT2D eigenvalue weighted by Gasteiger charge is 2.29. The Morgan fingerprint density at radius 2 is 1.39 bits per heavy atom. The Balaban J connectivity index is 1.89. The minimum absolute atomic E-state index is 0.00339. The number of hydrogen-bond donors (Lipinski definition) is 0. The summed E-state index contributed by atoms with van der Waals surface area (Å²) < 4.78 is 49.7. The van der Waals surface area contributed by atoms with Crippen molar-refractivity contribution in [3.63, 3.8) is 0 Å². The van der Waals surface area contributed by atoms with E-state index in [0.29, 0.717) is 23.0 Å². The van der Waals surface area contributed by atoms with Gasteiger partial charge in [0.25, 0.3) is 0 Å². The van der Waals surface area contributed by atoms with Crippen LogP contribution in [0.2, 0.25) is 5.02 Å². The molecule has 0 fully saturated rings. The zero-order valence-electron chi connectivity index (χ0n) is 21.9. The van der Waals surface area contributed by atoms with Gasteiger partial charge < -0.3 is 23.8 Å². The lowest BCUT2D eigenvalue weighted by atomic mass is 10.1. The Labute approximate surface area is 228 Å². The molecule has 0 atom stereocenters. The topological polar surface area (TPSA) is 94.6 Å². The van der Waals surface area contributed by atoms with E-state index in [1.165, 1.54) is 51.5 Å². The molecule has 3 aromatic rings. The summed E-state index contributed by atoms with van der Waals surface area (Å²) in [5, 5.41) is 0.152. The second kappa shape index (κ2) is 12.9. The summed E-state index contributed by atoms with van der Waals surface area (Å²) >= 11 is 6.21. The first-order valence-corrected chi connectivity index (χ1v) is 13.4. The Bertz CT molecular complexity index is 1340. The second-order valence-electron chi connectivity index (χ2n) is 8.34. The standard InChI is InChI=1S/C27H31ClN2O7S/c1-29(16-20-13-24(35-3)27(37-5)25(14-20)36-4)26(31)18-30(17-19-9-7-6-8-10-19)38(32,33)21-11-12-23(34-2)22(28)15-21/h6-15H,16-18H2,1-5H3. The van der Waals surface area contributed by atoms with Crippen molar-refractivity contribution >= 4 is 27.5 Å². The number of hydrogen-bond acceptors (Lipinski definition) is 7. The van der Waals surface area contributed by atoms with Gasteiger partial charge in [-0.1, -0.05) is 41.9 Å². The van der Waals surface area contributed by atoms with E-state index in [4.69, 9.17) is 30.5 Å². The number of sulfonamides is 1. The van der Waals surface area contributed by atoms with E-state index in [1.807, 2.05) is 18.2 Å². The van der Waals surface area contributed by atoms with Crippen molar-refractivity contribution in [2.24, 2.45) is 0 Å². The van der Waals surface area contributed by atoms with Gasteiger partial charge in [0.05, 0.1) is 44.9 Å². The molecule has 3 aromatic carbocycles. The summed E-state index contributed by atoms with van der Waals surface area (Å²) in [4.78, 5) is 14.7. The number of rotatable bonds is 12. The van der Waals surface area contributed by atoms with Gasteiger partial charge in [-0.25, -0.2) is 8.42 Å². The van der Waals surface area contributed by atoms with Crippen molar-refractivity contribution < 1.29 is 32.2 Å². The van der Waals surface area contributed by atoms with Gasteiger partial charge in [0.1, 0.15) is 5.75 Å². The molecule has 0 aliphatic heterocycles. The Morgan fingerprint density at radius 1 is 0.789 bits per heavy atom. The average molecular weight is 563 g/mol. The van der Waals surface area contributed by atoms with E-state index >= 15 is 0 Å². The number of carbonyl (C=O) groups is 1. The van der Waals surface area contributed by atoms with Crippen LogP contribution >= 0.6 is 11.6 Å². The molecule has 38 heavy (non-hydrogen) atoms. The summed E-state index contributed by atoms with van der Waals surface area (Å²) in [5.41, 5.74) is 1.45. The van der Waals surface area contributed by atoms with Gasteiger partial charge in [0.2, 0.25) is 21.7 Å². The molecule has 0 unspecified atom stereocenters. The van der Waals surface area contributed by atoms with Gasteiger partial charge in [0.15, 0.2) is 11.5 Å². The van der Waals surface area contributed by atoms with Crippen molar-refractivity contribution in [3.8, 4) is 23.0 Å². The maximum absolute atomic E-state index is 13.7. The number of methoxy groups -OCH3 is 4. The lowest BCUT2D eigenvalue weighted by molar-refractivity contribution is -0.130. The molecule has 9 nitrogen and oxygen atoms in total. The number of likely N-dealkylation sites (N-methyl/N-ethyl adjacent to an activating group) is 1. The molecule has 0 aliphatic rings. The molecule has 0 aliphatic carbocycles. The molecule has 0 N–H and O–H groups in total. The smallest absolute Gasteiger partial charge is 0.243 e. The Hall–Kier alpha value is -3.47.